The number of hydrogen-bond acceptors (Lipinski definition) is 4. The zero-order valence-corrected chi connectivity index (χ0v) is 18.7. The summed E-state index contributed by atoms with van der Waals surface area (Å²) in [5, 5.41) is 6.52. The van der Waals surface area contributed by atoms with Gasteiger partial charge in [-0.1, -0.05) is 26.8 Å². The molecule has 1 aliphatic rings. The SMILES string of the molecule is COc1cc(C(C)NC(=O)CC(C)C2CCNCC2)ccc1OCC(C)C.Cl. The van der Waals surface area contributed by atoms with E-state index in [2.05, 4.69) is 31.4 Å². The van der Waals surface area contributed by atoms with E-state index in [0.717, 1.165) is 24.4 Å². The van der Waals surface area contributed by atoms with Crippen LogP contribution in [0.4, 0.5) is 0 Å². The molecule has 1 saturated heterocycles. The molecule has 0 spiro atoms. The number of halogens is 1. The number of carbonyl (C=O) groups excluding carboxylic acids is 1. The molecule has 2 atom stereocenters. The number of rotatable bonds is 9. The van der Waals surface area contributed by atoms with E-state index in [1.165, 1.54) is 12.8 Å². The van der Waals surface area contributed by atoms with Gasteiger partial charge in [0.25, 0.3) is 0 Å². The Morgan fingerprint density at radius 1 is 1.18 bits per heavy atom. The van der Waals surface area contributed by atoms with Crippen LogP contribution in [0.15, 0.2) is 18.2 Å². The molecule has 28 heavy (non-hydrogen) atoms. The fraction of sp³-hybridized carbons (Fsp3) is 0.682. The number of carbonyl (C=O) groups is 1. The van der Waals surface area contributed by atoms with Gasteiger partial charge in [-0.05, 0) is 68.3 Å². The zero-order chi connectivity index (χ0) is 19.8. The Hall–Kier alpha value is -1.46. The van der Waals surface area contributed by atoms with E-state index in [1.54, 1.807) is 7.11 Å². The van der Waals surface area contributed by atoms with Crippen molar-refractivity contribution in [2.24, 2.45) is 17.8 Å². The molecule has 160 valence electrons. The number of hydrogen-bond donors (Lipinski definition) is 2. The fourth-order valence-electron chi connectivity index (χ4n) is 3.59. The van der Waals surface area contributed by atoms with Crippen LogP contribution in [-0.2, 0) is 4.79 Å². The predicted molar refractivity (Wildman–Crippen MR) is 117 cm³/mol. The van der Waals surface area contributed by atoms with Crippen LogP contribution in [0, 0.1) is 17.8 Å². The Bertz CT molecular complexity index is 603. The van der Waals surface area contributed by atoms with Crippen LogP contribution in [0.1, 0.15) is 58.6 Å². The van der Waals surface area contributed by atoms with E-state index in [9.17, 15) is 4.79 Å². The molecule has 0 aromatic heterocycles. The summed E-state index contributed by atoms with van der Waals surface area (Å²) >= 11 is 0. The van der Waals surface area contributed by atoms with Crippen LogP contribution < -0.4 is 20.1 Å². The molecule has 0 aliphatic carbocycles. The average molecular weight is 413 g/mol. The number of amides is 1. The third-order valence-electron chi connectivity index (χ3n) is 5.33. The minimum absolute atomic E-state index is 0. The smallest absolute Gasteiger partial charge is 0.220 e. The van der Waals surface area contributed by atoms with E-state index in [0.29, 0.717) is 36.5 Å². The first-order valence-corrected chi connectivity index (χ1v) is 10.2. The monoisotopic (exact) mass is 412 g/mol. The van der Waals surface area contributed by atoms with E-state index in [1.807, 2.05) is 25.1 Å². The van der Waals surface area contributed by atoms with E-state index in [-0.39, 0.29) is 24.4 Å². The summed E-state index contributed by atoms with van der Waals surface area (Å²) in [5.74, 6) is 3.08. The first-order chi connectivity index (χ1) is 12.9. The van der Waals surface area contributed by atoms with Gasteiger partial charge in [-0.15, -0.1) is 12.4 Å². The molecule has 1 aliphatic heterocycles. The molecule has 6 heteroatoms. The van der Waals surface area contributed by atoms with Crippen molar-refractivity contribution in [1.29, 1.82) is 0 Å². The minimum Gasteiger partial charge on any atom is -0.493 e. The Kier molecular flexibility index (Phi) is 10.7. The highest BCUT2D eigenvalue weighted by Gasteiger charge is 2.23. The number of benzene rings is 1. The molecule has 1 amide bonds. The van der Waals surface area contributed by atoms with Crippen molar-refractivity contribution in [2.45, 2.75) is 53.0 Å². The number of ether oxygens (including phenoxy) is 2. The summed E-state index contributed by atoms with van der Waals surface area (Å²) in [7, 11) is 1.64. The maximum absolute atomic E-state index is 12.5. The van der Waals surface area contributed by atoms with Crippen molar-refractivity contribution in [3.63, 3.8) is 0 Å². The predicted octanol–water partition coefficient (Wildman–Crippen LogP) is 4.35. The van der Waals surface area contributed by atoms with Crippen LogP contribution in [0.2, 0.25) is 0 Å². The molecule has 2 unspecified atom stereocenters. The molecular weight excluding hydrogens is 376 g/mol. The second-order valence-electron chi connectivity index (χ2n) is 8.17. The van der Waals surface area contributed by atoms with Gasteiger partial charge in [-0.3, -0.25) is 4.79 Å². The van der Waals surface area contributed by atoms with Crippen LogP contribution in [-0.4, -0.2) is 32.7 Å². The van der Waals surface area contributed by atoms with Crippen molar-refractivity contribution < 1.29 is 14.3 Å². The van der Waals surface area contributed by atoms with E-state index in [4.69, 9.17) is 9.47 Å². The summed E-state index contributed by atoms with van der Waals surface area (Å²) in [5.41, 5.74) is 1.02. The Balaban J connectivity index is 0.00000392. The van der Waals surface area contributed by atoms with Crippen molar-refractivity contribution in [3.8, 4) is 11.5 Å². The van der Waals surface area contributed by atoms with Gasteiger partial charge in [-0.2, -0.15) is 0 Å². The van der Waals surface area contributed by atoms with Gasteiger partial charge >= 0.3 is 0 Å². The minimum atomic E-state index is -0.0641. The average Bonchev–Trinajstić information content (AvgIpc) is 2.66. The number of nitrogens with one attached hydrogen (secondary N) is 2. The normalized spacial score (nSPS) is 16.8. The quantitative estimate of drug-likeness (QED) is 0.632. The van der Waals surface area contributed by atoms with Gasteiger partial charge in [0.1, 0.15) is 0 Å². The maximum atomic E-state index is 12.5. The van der Waals surface area contributed by atoms with E-state index >= 15 is 0 Å². The number of methoxy groups -OCH3 is 1. The largest absolute Gasteiger partial charge is 0.493 e. The molecule has 5 nitrogen and oxygen atoms in total. The topological polar surface area (TPSA) is 59.6 Å². The maximum Gasteiger partial charge on any atom is 0.220 e. The first kappa shape index (κ1) is 24.6. The fourth-order valence-corrected chi connectivity index (χ4v) is 3.59. The van der Waals surface area contributed by atoms with Crippen molar-refractivity contribution in [2.75, 3.05) is 26.8 Å². The van der Waals surface area contributed by atoms with Gasteiger partial charge in [0.2, 0.25) is 5.91 Å². The zero-order valence-electron chi connectivity index (χ0n) is 17.9. The van der Waals surface area contributed by atoms with Crippen molar-refractivity contribution >= 4 is 18.3 Å². The van der Waals surface area contributed by atoms with Gasteiger partial charge in [-0.25, -0.2) is 0 Å². The van der Waals surface area contributed by atoms with Crippen LogP contribution in [0.3, 0.4) is 0 Å². The Morgan fingerprint density at radius 3 is 2.46 bits per heavy atom. The molecule has 2 N–H and O–H groups in total. The lowest BCUT2D eigenvalue weighted by molar-refractivity contribution is -0.123. The van der Waals surface area contributed by atoms with Gasteiger partial charge in [0.15, 0.2) is 11.5 Å². The molecule has 1 fully saturated rings. The molecule has 1 heterocycles. The molecule has 1 aromatic carbocycles. The third-order valence-corrected chi connectivity index (χ3v) is 5.33. The Labute approximate surface area is 176 Å². The highest BCUT2D eigenvalue weighted by atomic mass is 35.5. The third kappa shape index (κ3) is 7.51. The summed E-state index contributed by atoms with van der Waals surface area (Å²) in [6.07, 6.45) is 2.92. The van der Waals surface area contributed by atoms with Crippen molar-refractivity contribution in [1.82, 2.24) is 10.6 Å². The lowest BCUT2D eigenvalue weighted by Gasteiger charge is -2.28. The highest BCUT2D eigenvalue weighted by Crippen LogP contribution is 2.31. The Morgan fingerprint density at radius 2 is 1.86 bits per heavy atom. The summed E-state index contributed by atoms with van der Waals surface area (Å²) in [4.78, 5) is 12.5. The molecule has 0 bridgehead atoms. The van der Waals surface area contributed by atoms with Gasteiger partial charge in [0, 0.05) is 6.42 Å². The summed E-state index contributed by atoms with van der Waals surface area (Å²) in [6, 6.07) is 5.82. The standard InChI is InChI=1S/C22H36N2O3.ClH/c1-15(2)14-27-20-7-6-19(13-21(20)26-5)17(4)24-22(25)12-16(3)18-8-10-23-11-9-18;/h6-7,13,15-18,23H,8-12,14H2,1-5H3,(H,24,25);1H. The van der Waals surface area contributed by atoms with Crippen molar-refractivity contribution in [3.05, 3.63) is 23.8 Å². The lowest BCUT2D eigenvalue weighted by atomic mass is 9.84. The number of piperidine rings is 1. The molecule has 0 saturated carbocycles. The van der Waals surface area contributed by atoms with Crippen LogP contribution in [0.25, 0.3) is 0 Å². The molecule has 2 rings (SSSR count). The van der Waals surface area contributed by atoms with Crippen LogP contribution >= 0.6 is 12.4 Å². The molecule has 1 aromatic rings. The lowest BCUT2D eigenvalue weighted by Crippen LogP contribution is -2.34. The second kappa shape index (κ2) is 12.2. The second-order valence-corrected chi connectivity index (χ2v) is 8.17. The van der Waals surface area contributed by atoms with E-state index < -0.39 is 0 Å². The van der Waals surface area contributed by atoms with Gasteiger partial charge in [0.05, 0.1) is 19.8 Å². The summed E-state index contributed by atoms with van der Waals surface area (Å²) < 4.78 is 11.3. The first-order valence-electron chi connectivity index (χ1n) is 10.2. The van der Waals surface area contributed by atoms with Crippen LogP contribution in [0.5, 0.6) is 11.5 Å². The molecular formula is C22H37ClN2O3. The summed E-state index contributed by atoms with van der Waals surface area (Å²) in [6.45, 7) is 11.2. The molecule has 0 radical (unpaired) electrons. The highest BCUT2D eigenvalue weighted by molar-refractivity contribution is 5.85. The van der Waals surface area contributed by atoms with Gasteiger partial charge < -0.3 is 20.1 Å².